The van der Waals surface area contributed by atoms with Crippen LogP contribution in [0, 0.1) is 5.82 Å². The molecule has 5 rings (SSSR count). The van der Waals surface area contributed by atoms with E-state index >= 15 is 0 Å². The Hall–Kier alpha value is -3.72. The molecule has 0 aromatic heterocycles. The molecule has 3 aromatic carbocycles. The van der Waals surface area contributed by atoms with E-state index in [1.54, 1.807) is 23.1 Å². The Labute approximate surface area is 196 Å². The van der Waals surface area contributed by atoms with Crippen molar-refractivity contribution in [3.8, 4) is 5.75 Å². The number of sulfonamides is 1. The van der Waals surface area contributed by atoms with Crippen LogP contribution in [0.4, 0.5) is 10.1 Å². The average molecular weight is 481 g/mol. The number of para-hydroxylation sites is 1. The lowest BCUT2D eigenvalue weighted by molar-refractivity contribution is 0.0428. The van der Waals surface area contributed by atoms with Crippen molar-refractivity contribution in [1.82, 2.24) is 4.90 Å². The Balaban J connectivity index is 1.28. The van der Waals surface area contributed by atoms with Crippen LogP contribution in [0.15, 0.2) is 77.7 Å². The molecule has 3 aromatic rings. The van der Waals surface area contributed by atoms with Gasteiger partial charge in [-0.15, -0.1) is 0 Å². The molecular formula is C25H21FN2O5S. The van der Waals surface area contributed by atoms with Gasteiger partial charge in [-0.05, 0) is 48.5 Å². The summed E-state index contributed by atoms with van der Waals surface area (Å²) >= 11 is 0. The molecule has 1 spiro atoms. The van der Waals surface area contributed by atoms with E-state index in [0.29, 0.717) is 29.8 Å². The average Bonchev–Trinajstić information content (AvgIpc) is 3.22. The molecule has 174 valence electrons. The number of likely N-dealkylation sites (tertiary alicyclic amines) is 1. The zero-order chi connectivity index (χ0) is 23.9. The topological polar surface area (TPSA) is 92.8 Å². The van der Waals surface area contributed by atoms with E-state index in [9.17, 15) is 22.4 Å². The first-order chi connectivity index (χ1) is 16.3. The van der Waals surface area contributed by atoms with Crippen LogP contribution in [0.1, 0.15) is 33.6 Å². The zero-order valence-electron chi connectivity index (χ0n) is 18.0. The minimum atomic E-state index is -4.11. The number of ketones is 1. The van der Waals surface area contributed by atoms with Crippen molar-refractivity contribution in [3.05, 3.63) is 89.7 Å². The van der Waals surface area contributed by atoms with E-state index in [4.69, 9.17) is 4.74 Å². The fourth-order valence-corrected chi connectivity index (χ4v) is 5.56. The third kappa shape index (κ3) is 4.03. The summed E-state index contributed by atoms with van der Waals surface area (Å²) in [5.41, 5.74) is 0.395. The molecular weight excluding hydrogens is 459 g/mol. The van der Waals surface area contributed by atoms with Gasteiger partial charge in [-0.2, -0.15) is 0 Å². The SMILES string of the molecule is O=C1CC2(CCN(C(=O)c3ccc(NS(=O)(=O)c4ccccc4F)cc3)C2)Oc2ccccc21. The Morgan fingerprint density at radius 3 is 2.47 bits per heavy atom. The molecule has 1 fully saturated rings. The maximum absolute atomic E-state index is 13.9. The van der Waals surface area contributed by atoms with Crippen LogP contribution in [0.3, 0.4) is 0 Å². The molecule has 1 saturated heterocycles. The van der Waals surface area contributed by atoms with Crippen LogP contribution in [0.5, 0.6) is 5.75 Å². The van der Waals surface area contributed by atoms with Gasteiger partial charge in [0.2, 0.25) is 0 Å². The van der Waals surface area contributed by atoms with Gasteiger partial charge in [0.1, 0.15) is 22.1 Å². The van der Waals surface area contributed by atoms with Gasteiger partial charge >= 0.3 is 0 Å². The number of halogens is 1. The van der Waals surface area contributed by atoms with Gasteiger partial charge in [0.25, 0.3) is 15.9 Å². The van der Waals surface area contributed by atoms with Gasteiger partial charge in [-0.3, -0.25) is 14.3 Å². The largest absolute Gasteiger partial charge is 0.484 e. The summed E-state index contributed by atoms with van der Waals surface area (Å²) in [6.07, 6.45) is 0.754. The van der Waals surface area contributed by atoms with Crippen molar-refractivity contribution in [2.45, 2.75) is 23.3 Å². The number of benzene rings is 3. The van der Waals surface area contributed by atoms with E-state index in [2.05, 4.69) is 4.72 Å². The molecule has 0 bridgehead atoms. The Bertz CT molecular complexity index is 1390. The number of carbonyl (C=O) groups excluding carboxylic acids is 2. The van der Waals surface area contributed by atoms with Crippen molar-refractivity contribution in [2.24, 2.45) is 0 Å². The van der Waals surface area contributed by atoms with Gasteiger partial charge < -0.3 is 9.64 Å². The summed E-state index contributed by atoms with van der Waals surface area (Å²) in [5.74, 6) is -0.548. The quantitative estimate of drug-likeness (QED) is 0.612. The summed E-state index contributed by atoms with van der Waals surface area (Å²) in [4.78, 5) is 26.8. The number of hydrogen-bond acceptors (Lipinski definition) is 5. The second-order valence-electron chi connectivity index (χ2n) is 8.47. The molecule has 1 atom stereocenters. The lowest BCUT2D eigenvalue weighted by atomic mass is 9.89. The molecule has 1 amide bonds. The van der Waals surface area contributed by atoms with Gasteiger partial charge in [0.15, 0.2) is 5.78 Å². The van der Waals surface area contributed by atoms with Crippen LogP contribution in [0.2, 0.25) is 0 Å². The maximum atomic E-state index is 13.9. The third-order valence-electron chi connectivity index (χ3n) is 6.11. The number of nitrogens with one attached hydrogen (secondary N) is 1. The van der Waals surface area contributed by atoms with Gasteiger partial charge in [-0.1, -0.05) is 24.3 Å². The van der Waals surface area contributed by atoms with Gasteiger partial charge in [-0.25, -0.2) is 12.8 Å². The molecule has 1 unspecified atom stereocenters. The second-order valence-corrected chi connectivity index (χ2v) is 10.1. The maximum Gasteiger partial charge on any atom is 0.264 e. The first-order valence-electron chi connectivity index (χ1n) is 10.7. The number of ether oxygens (including phenoxy) is 1. The molecule has 0 aliphatic carbocycles. The summed E-state index contributed by atoms with van der Waals surface area (Å²) in [7, 11) is -4.11. The summed E-state index contributed by atoms with van der Waals surface area (Å²) in [5, 5.41) is 0. The number of Topliss-reactive ketones (excluding diaryl/α,β-unsaturated/α-hetero) is 1. The predicted molar refractivity (Wildman–Crippen MR) is 123 cm³/mol. The number of nitrogens with zero attached hydrogens (tertiary/aromatic N) is 1. The van der Waals surface area contributed by atoms with E-state index in [-0.39, 0.29) is 30.3 Å². The molecule has 2 aliphatic heterocycles. The predicted octanol–water partition coefficient (Wildman–Crippen LogP) is 3.88. The third-order valence-corrected chi connectivity index (χ3v) is 7.53. The number of carbonyl (C=O) groups is 2. The number of anilines is 1. The first-order valence-corrected chi connectivity index (χ1v) is 12.2. The molecule has 7 nitrogen and oxygen atoms in total. The van der Waals surface area contributed by atoms with E-state index in [0.717, 1.165) is 6.07 Å². The van der Waals surface area contributed by atoms with Gasteiger partial charge in [0.05, 0.1) is 18.5 Å². The smallest absolute Gasteiger partial charge is 0.264 e. The number of amides is 1. The van der Waals surface area contributed by atoms with Gasteiger partial charge in [0, 0.05) is 24.2 Å². The molecule has 2 aliphatic rings. The number of rotatable bonds is 4. The van der Waals surface area contributed by atoms with E-state index < -0.39 is 26.3 Å². The van der Waals surface area contributed by atoms with Crippen molar-refractivity contribution in [2.75, 3.05) is 17.8 Å². The fraction of sp³-hybridized carbons (Fsp3) is 0.200. The Morgan fingerprint density at radius 1 is 1.00 bits per heavy atom. The summed E-state index contributed by atoms with van der Waals surface area (Å²) in [6, 6.07) is 18.1. The van der Waals surface area contributed by atoms with Crippen LogP contribution in [-0.2, 0) is 10.0 Å². The lowest BCUT2D eigenvalue weighted by Gasteiger charge is -2.34. The molecule has 1 N–H and O–H groups in total. The van der Waals surface area contributed by atoms with Crippen molar-refractivity contribution < 1.29 is 27.1 Å². The highest BCUT2D eigenvalue weighted by atomic mass is 32.2. The highest BCUT2D eigenvalue weighted by molar-refractivity contribution is 7.92. The summed E-state index contributed by atoms with van der Waals surface area (Å²) in [6.45, 7) is 0.726. The van der Waals surface area contributed by atoms with Crippen LogP contribution >= 0.6 is 0 Å². The monoisotopic (exact) mass is 480 g/mol. The van der Waals surface area contributed by atoms with Crippen LogP contribution < -0.4 is 9.46 Å². The molecule has 0 radical (unpaired) electrons. The second kappa shape index (κ2) is 8.25. The number of fused-ring (bicyclic) bond motifs is 1. The lowest BCUT2D eigenvalue weighted by Crippen LogP contribution is -2.45. The number of hydrogen-bond donors (Lipinski definition) is 1. The standard InChI is InChI=1S/C25H21FN2O5S/c26-20-6-2-4-8-23(20)34(31,32)27-18-11-9-17(10-12-18)24(30)28-14-13-25(16-28)15-21(29)19-5-1-3-7-22(19)33-25/h1-12,27H,13-16H2. The normalized spacial score (nSPS) is 19.6. The highest BCUT2D eigenvalue weighted by Crippen LogP contribution is 2.39. The molecule has 2 heterocycles. The van der Waals surface area contributed by atoms with Crippen LogP contribution in [-0.4, -0.2) is 43.7 Å². The zero-order valence-corrected chi connectivity index (χ0v) is 18.8. The summed E-state index contributed by atoms with van der Waals surface area (Å²) < 4.78 is 47.3. The van der Waals surface area contributed by atoms with Crippen molar-refractivity contribution in [3.63, 3.8) is 0 Å². The minimum Gasteiger partial charge on any atom is -0.484 e. The molecule has 34 heavy (non-hydrogen) atoms. The first kappa shape index (κ1) is 22.1. The molecule has 0 saturated carbocycles. The minimum absolute atomic E-state index is 0.00244. The fourth-order valence-electron chi connectivity index (χ4n) is 4.43. The van der Waals surface area contributed by atoms with Crippen molar-refractivity contribution in [1.29, 1.82) is 0 Å². The Morgan fingerprint density at radius 2 is 1.71 bits per heavy atom. The molecule has 9 heteroatoms. The Kier molecular flexibility index (Phi) is 5.36. The van der Waals surface area contributed by atoms with E-state index in [1.807, 2.05) is 6.07 Å². The van der Waals surface area contributed by atoms with E-state index in [1.165, 1.54) is 42.5 Å². The highest BCUT2D eigenvalue weighted by Gasteiger charge is 2.47. The van der Waals surface area contributed by atoms with Crippen LogP contribution in [0.25, 0.3) is 0 Å². The van der Waals surface area contributed by atoms with Crippen molar-refractivity contribution >= 4 is 27.4 Å².